The summed E-state index contributed by atoms with van der Waals surface area (Å²) >= 11 is 0. The minimum atomic E-state index is -0.579. The first-order valence-electron chi connectivity index (χ1n) is 8.55. The fourth-order valence-corrected chi connectivity index (χ4v) is 2.75. The second-order valence-electron chi connectivity index (χ2n) is 6.42. The van der Waals surface area contributed by atoms with Gasteiger partial charge in [-0.05, 0) is 36.6 Å². The molecule has 130 valence electrons. The minimum Gasteiger partial charge on any atom is -0.481 e. The smallest absolute Gasteiger partial charge is 0.261 e. The van der Waals surface area contributed by atoms with E-state index in [0.717, 1.165) is 28.0 Å². The maximum Gasteiger partial charge on any atom is 0.261 e. The molecule has 3 aromatic rings. The van der Waals surface area contributed by atoms with Gasteiger partial charge in [-0.3, -0.25) is 4.79 Å². The van der Waals surface area contributed by atoms with Crippen molar-refractivity contribution in [3.05, 3.63) is 65.9 Å². The van der Waals surface area contributed by atoms with E-state index < -0.39 is 6.10 Å². The van der Waals surface area contributed by atoms with Gasteiger partial charge in [0.05, 0.1) is 6.54 Å². The van der Waals surface area contributed by atoms with Crippen LogP contribution in [0.25, 0.3) is 11.0 Å². The molecule has 0 aliphatic heterocycles. The highest BCUT2D eigenvalue weighted by atomic mass is 16.5. The summed E-state index contributed by atoms with van der Waals surface area (Å²) in [5.41, 5.74) is 1.92. The molecule has 0 spiro atoms. The molecular formula is C21H23NO3. The third kappa shape index (κ3) is 4.02. The molecule has 1 unspecified atom stereocenters. The predicted molar refractivity (Wildman–Crippen MR) is 98.7 cm³/mol. The summed E-state index contributed by atoms with van der Waals surface area (Å²) in [7, 11) is 0. The van der Waals surface area contributed by atoms with Crippen LogP contribution in [0.1, 0.15) is 38.0 Å². The molecule has 3 rings (SSSR count). The number of rotatable bonds is 6. The van der Waals surface area contributed by atoms with E-state index in [0.29, 0.717) is 12.5 Å². The largest absolute Gasteiger partial charge is 0.481 e. The van der Waals surface area contributed by atoms with Gasteiger partial charge in [-0.25, -0.2) is 0 Å². The summed E-state index contributed by atoms with van der Waals surface area (Å²) in [4.78, 5) is 12.3. The van der Waals surface area contributed by atoms with E-state index >= 15 is 0 Å². The van der Waals surface area contributed by atoms with Gasteiger partial charge in [0.2, 0.25) is 0 Å². The van der Waals surface area contributed by atoms with Crippen molar-refractivity contribution in [2.75, 3.05) is 0 Å². The van der Waals surface area contributed by atoms with E-state index in [1.807, 2.05) is 54.6 Å². The number of hydrogen-bond donors (Lipinski definition) is 1. The van der Waals surface area contributed by atoms with E-state index in [1.54, 1.807) is 6.92 Å². The van der Waals surface area contributed by atoms with Gasteiger partial charge < -0.3 is 14.5 Å². The molecule has 0 bridgehead atoms. The summed E-state index contributed by atoms with van der Waals surface area (Å²) in [5, 5.41) is 3.90. The molecule has 4 nitrogen and oxygen atoms in total. The Morgan fingerprint density at radius 1 is 1.08 bits per heavy atom. The Kier molecular flexibility index (Phi) is 5.08. The van der Waals surface area contributed by atoms with E-state index in [2.05, 4.69) is 19.2 Å². The number of para-hydroxylation sites is 2. The van der Waals surface area contributed by atoms with Gasteiger partial charge in [-0.2, -0.15) is 0 Å². The molecule has 1 N–H and O–H groups in total. The Balaban J connectivity index is 1.61. The quantitative estimate of drug-likeness (QED) is 0.713. The molecule has 2 aromatic carbocycles. The normalized spacial score (nSPS) is 12.3. The van der Waals surface area contributed by atoms with Crippen molar-refractivity contribution < 1.29 is 13.9 Å². The van der Waals surface area contributed by atoms with Crippen LogP contribution in [-0.2, 0) is 11.3 Å². The molecule has 0 radical (unpaired) electrons. The van der Waals surface area contributed by atoms with Gasteiger partial charge in [-0.1, -0.05) is 50.2 Å². The third-order valence-corrected chi connectivity index (χ3v) is 4.13. The van der Waals surface area contributed by atoms with Gasteiger partial charge in [0.15, 0.2) is 6.10 Å². The molecule has 1 atom stereocenters. The van der Waals surface area contributed by atoms with Crippen molar-refractivity contribution in [3.8, 4) is 5.75 Å². The lowest BCUT2D eigenvalue weighted by atomic mass is 10.0. The number of ether oxygens (including phenoxy) is 1. The maximum absolute atomic E-state index is 12.3. The molecule has 1 heterocycles. The van der Waals surface area contributed by atoms with Crippen molar-refractivity contribution in [2.24, 2.45) is 0 Å². The molecule has 0 saturated carbocycles. The Morgan fingerprint density at radius 3 is 2.56 bits per heavy atom. The van der Waals surface area contributed by atoms with Crippen LogP contribution in [0, 0.1) is 0 Å². The predicted octanol–water partition coefficient (Wildman–Crippen LogP) is 4.64. The van der Waals surface area contributed by atoms with Crippen LogP contribution in [0.3, 0.4) is 0 Å². The number of nitrogens with one attached hydrogen (secondary N) is 1. The number of amides is 1. The molecule has 0 saturated heterocycles. The van der Waals surface area contributed by atoms with Crippen LogP contribution in [0.5, 0.6) is 5.75 Å². The third-order valence-electron chi connectivity index (χ3n) is 4.13. The fourth-order valence-electron chi connectivity index (χ4n) is 2.75. The SMILES string of the molecule is CC(Oc1ccccc1C(C)C)C(=O)NCc1cc2ccccc2o1. The highest BCUT2D eigenvalue weighted by Gasteiger charge is 2.17. The number of furan rings is 1. The van der Waals surface area contributed by atoms with Gasteiger partial charge >= 0.3 is 0 Å². The molecule has 0 aliphatic rings. The molecule has 0 aliphatic carbocycles. The van der Waals surface area contributed by atoms with Crippen LogP contribution in [0.4, 0.5) is 0 Å². The summed E-state index contributed by atoms with van der Waals surface area (Å²) in [6.07, 6.45) is -0.579. The number of carbonyl (C=O) groups is 1. The topological polar surface area (TPSA) is 51.5 Å². The standard InChI is InChI=1S/C21H23NO3/c1-14(2)18-9-5-7-11-20(18)24-15(3)21(23)22-13-17-12-16-8-4-6-10-19(16)25-17/h4-12,14-15H,13H2,1-3H3,(H,22,23). The maximum atomic E-state index is 12.3. The Labute approximate surface area is 147 Å². The van der Waals surface area contributed by atoms with E-state index in [9.17, 15) is 4.79 Å². The molecule has 25 heavy (non-hydrogen) atoms. The zero-order valence-electron chi connectivity index (χ0n) is 14.8. The van der Waals surface area contributed by atoms with E-state index in [4.69, 9.17) is 9.15 Å². The van der Waals surface area contributed by atoms with Crippen molar-refractivity contribution in [2.45, 2.75) is 39.3 Å². The second-order valence-corrected chi connectivity index (χ2v) is 6.42. The van der Waals surface area contributed by atoms with Crippen LogP contribution >= 0.6 is 0 Å². The van der Waals surface area contributed by atoms with Crippen molar-refractivity contribution in [1.82, 2.24) is 5.32 Å². The summed E-state index contributed by atoms with van der Waals surface area (Å²) < 4.78 is 11.6. The summed E-state index contributed by atoms with van der Waals surface area (Å²) in [6, 6.07) is 17.5. The first-order valence-corrected chi connectivity index (χ1v) is 8.55. The minimum absolute atomic E-state index is 0.168. The van der Waals surface area contributed by atoms with Crippen molar-refractivity contribution in [1.29, 1.82) is 0 Å². The molecule has 1 amide bonds. The van der Waals surface area contributed by atoms with Crippen LogP contribution in [-0.4, -0.2) is 12.0 Å². The van der Waals surface area contributed by atoms with Crippen LogP contribution in [0.2, 0.25) is 0 Å². The number of hydrogen-bond acceptors (Lipinski definition) is 3. The Hall–Kier alpha value is -2.75. The average Bonchev–Trinajstić information content (AvgIpc) is 3.02. The van der Waals surface area contributed by atoms with E-state index in [1.165, 1.54) is 0 Å². The van der Waals surface area contributed by atoms with Gasteiger partial charge in [0.1, 0.15) is 17.1 Å². The molecule has 0 fully saturated rings. The first kappa shape index (κ1) is 17.1. The van der Waals surface area contributed by atoms with Crippen LogP contribution in [0.15, 0.2) is 59.0 Å². The zero-order chi connectivity index (χ0) is 17.8. The highest BCUT2D eigenvalue weighted by molar-refractivity contribution is 5.81. The van der Waals surface area contributed by atoms with Gasteiger partial charge in [0, 0.05) is 5.39 Å². The van der Waals surface area contributed by atoms with E-state index in [-0.39, 0.29) is 5.91 Å². The summed E-state index contributed by atoms with van der Waals surface area (Å²) in [5.74, 6) is 1.65. The van der Waals surface area contributed by atoms with Gasteiger partial charge in [0.25, 0.3) is 5.91 Å². The summed E-state index contributed by atoms with van der Waals surface area (Å²) in [6.45, 7) is 6.31. The molecule has 4 heteroatoms. The Morgan fingerprint density at radius 2 is 1.80 bits per heavy atom. The first-order chi connectivity index (χ1) is 12.0. The lowest BCUT2D eigenvalue weighted by Gasteiger charge is -2.18. The lowest BCUT2D eigenvalue weighted by molar-refractivity contribution is -0.127. The average molecular weight is 337 g/mol. The number of carbonyl (C=O) groups excluding carboxylic acids is 1. The zero-order valence-corrected chi connectivity index (χ0v) is 14.8. The fraction of sp³-hybridized carbons (Fsp3) is 0.286. The highest BCUT2D eigenvalue weighted by Crippen LogP contribution is 2.26. The lowest BCUT2D eigenvalue weighted by Crippen LogP contribution is -2.36. The van der Waals surface area contributed by atoms with Gasteiger partial charge in [-0.15, -0.1) is 0 Å². The number of fused-ring (bicyclic) bond motifs is 1. The van der Waals surface area contributed by atoms with Crippen molar-refractivity contribution >= 4 is 16.9 Å². The monoisotopic (exact) mass is 337 g/mol. The number of benzene rings is 2. The molecule has 1 aromatic heterocycles. The van der Waals surface area contributed by atoms with Crippen LogP contribution < -0.4 is 10.1 Å². The Bertz CT molecular complexity index is 833. The molecular weight excluding hydrogens is 314 g/mol. The second kappa shape index (κ2) is 7.43. The van der Waals surface area contributed by atoms with Crippen molar-refractivity contribution in [3.63, 3.8) is 0 Å².